The van der Waals surface area contributed by atoms with E-state index in [9.17, 15) is 4.79 Å². The largest absolute Gasteiger partial charge is 0.292 e. The molecule has 0 bridgehead atoms. The fourth-order valence-electron chi connectivity index (χ4n) is 2.24. The van der Waals surface area contributed by atoms with Gasteiger partial charge in [0.15, 0.2) is 5.78 Å². The molecule has 1 heterocycles. The number of carbonyl (C=O) groups is 1. The van der Waals surface area contributed by atoms with E-state index in [-0.39, 0.29) is 11.8 Å². The van der Waals surface area contributed by atoms with Gasteiger partial charge in [-0.2, -0.15) is 5.10 Å². The number of aryl methyl sites for hydroxylation is 2. The van der Waals surface area contributed by atoms with E-state index in [1.165, 1.54) is 5.56 Å². The van der Waals surface area contributed by atoms with Crippen LogP contribution in [0.5, 0.6) is 0 Å². The molecular formula is C16H19BrN2O. The Hall–Kier alpha value is -1.42. The fourth-order valence-corrected chi connectivity index (χ4v) is 2.74. The van der Waals surface area contributed by atoms with E-state index in [1.807, 2.05) is 27.7 Å². The van der Waals surface area contributed by atoms with Crippen LogP contribution in [-0.4, -0.2) is 15.6 Å². The second kappa shape index (κ2) is 5.92. The summed E-state index contributed by atoms with van der Waals surface area (Å²) < 4.78 is 2.54. The van der Waals surface area contributed by atoms with Crippen LogP contribution in [0.25, 0.3) is 0 Å². The molecule has 0 unspecified atom stereocenters. The third-order valence-corrected chi connectivity index (χ3v) is 3.94. The van der Waals surface area contributed by atoms with Crippen LogP contribution in [0.1, 0.15) is 47.1 Å². The smallest absolute Gasteiger partial charge is 0.186 e. The molecule has 4 heteroatoms. The minimum atomic E-state index is 0.0942. The summed E-state index contributed by atoms with van der Waals surface area (Å²) in [6.07, 6.45) is 2.10. The number of Topliss-reactive ketones (excluding diaryl/α,β-unsaturated/α-hetero) is 1. The number of benzene rings is 1. The normalized spacial score (nSPS) is 11.1. The van der Waals surface area contributed by atoms with Crippen molar-refractivity contribution in [3.05, 3.63) is 51.3 Å². The Kier molecular flexibility index (Phi) is 4.43. The zero-order chi connectivity index (χ0) is 14.9. The van der Waals surface area contributed by atoms with Crippen LogP contribution in [0.2, 0.25) is 0 Å². The molecule has 106 valence electrons. The van der Waals surface area contributed by atoms with Crippen LogP contribution in [-0.2, 0) is 6.42 Å². The summed E-state index contributed by atoms with van der Waals surface area (Å²) in [5.74, 6) is 0.0942. The molecule has 0 atom stereocenters. The second-order valence-electron chi connectivity index (χ2n) is 5.41. The van der Waals surface area contributed by atoms with Crippen LogP contribution >= 0.6 is 15.9 Å². The first-order valence-corrected chi connectivity index (χ1v) is 7.51. The molecule has 0 amide bonds. The van der Waals surface area contributed by atoms with Crippen molar-refractivity contribution in [3.63, 3.8) is 0 Å². The fraction of sp³-hybridized carbons (Fsp3) is 0.375. The molecule has 2 rings (SSSR count). The maximum atomic E-state index is 12.6. The molecule has 0 aliphatic rings. The highest BCUT2D eigenvalue weighted by Gasteiger charge is 2.19. The Labute approximate surface area is 128 Å². The predicted molar refractivity (Wildman–Crippen MR) is 84.3 cm³/mol. The average Bonchev–Trinajstić information content (AvgIpc) is 2.76. The number of halogens is 1. The second-order valence-corrected chi connectivity index (χ2v) is 6.26. The van der Waals surface area contributed by atoms with Crippen LogP contribution in [0.4, 0.5) is 0 Å². The lowest BCUT2D eigenvalue weighted by Crippen LogP contribution is -2.15. The zero-order valence-corrected chi connectivity index (χ0v) is 13.9. The first-order chi connectivity index (χ1) is 9.40. The van der Waals surface area contributed by atoms with Gasteiger partial charge < -0.3 is 0 Å². The van der Waals surface area contributed by atoms with Gasteiger partial charge >= 0.3 is 0 Å². The zero-order valence-electron chi connectivity index (χ0n) is 12.3. The number of hydrogen-bond acceptors (Lipinski definition) is 2. The topological polar surface area (TPSA) is 34.9 Å². The molecule has 0 spiro atoms. The number of ketones is 1. The van der Waals surface area contributed by atoms with Gasteiger partial charge in [-0.25, -0.2) is 0 Å². The summed E-state index contributed by atoms with van der Waals surface area (Å²) >= 11 is 3.43. The molecule has 0 aliphatic heterocycles. The summed E-state index contributed by atoms with van der Waals surface area (Å²) in [6, 6.07) is 6.38. The average molecular weight is 335 g/mol. The molecule has 3 nitrogen and oxygen atoms in total. The Morgan fingerprint density at radius 2 is 2.05 bits per heavy atom. The van der Waals surface area contributed by atoms with Crippen molar-refractivity contribution in [2.45, 2.75) is 40.2 Å². The highest BCUT2D eigenvalue weighted by molar-refractivity contribution is 9.10. The van der Waals surface area contributed by atoms with Crippen molar-refractivity contribution in [1.29, 1.82) is 0 Å². The summed E-state index contributed by atoms with van der Waals surface area (Å²) in [7, 11) is 0. The van der Waals surface area contributed by atoms with Gasteiger partial charge in [0.2, 0.25) is 0 Å². The molecule has 0 N–H and O–H groups in total. The molecule has 0 saturated carbocycles. The van der Waals surface area contributed by atoms with E-state index in [4.69, 9.17) is 0 Å². The SMILES string of the molecule is Cc1ccc(C)c(CC(=O)c2c(Br)cnn2C(C)C)c1. The Bertz CT molecular complexity index is 644. The maximum absolute atomic E-state index is 12.6. The molecule has 0 aliphatic carbocycles. The molecule has 1 aromatic heterocycles. The Morgan fingerprint density at radius 1 is 1.35 bits per heavy atom. The molecular weight excluding hydrogens is 316 g/mol. The minimum absolute atomic E-state index is 0.0942. The molecule has 0 fully saturated rings. The molecule has 1 aromatic carbocycles. The number of carbonyl (C=O) groups excluding carboxylic acids is 1. The van der Waals surface area contributed by atoms with E-state index < -0.39 is 0 Å². The minimum Gasteiger partial charge on any atom is -0.292 e. The number of rotatable bonds is 4. The third-order valence-electron chi connectivity index (χ3n) is 3.36. The Morgan fingerprint density at radius 3 is 2.70 bits per heavy atom. The standard InChI is InChI=1S/C16H19BrN2O/c1-10(2)19-16(14(17)9-18-19)15(20)8-13-7-11(3)5-6-12(13)4/h5-7,9-10H,8H2,1-4H3. The van der Waals surface area contributed by atoms with E-state index in [0.717, 1.165) is 15.6 Å². The van der Waals surface area contributed by atoms with E-state index in [1.54, 1.807) is 10.9 Å². The number of hydrogen-bond donors (Lipinski definition) is 0. The maximum Gasteiger partial charge on any atom is 0.186 e. The monoisotopic (exact) mass is 334 g/mol. The molecule has 2 aromatic rings. The highest BCUT2D eigenvalue weighted by atomic mass is 79.9. The summed E-state index contributed by atoms with van der Waals surface area (Å²) in [5, 5.41) is 4.27. The van der Waals surface area contributed by atoms with Gasteiger partial charge in [-0.05, 0) is 54.8 Å². The quantitative estimate of drug-likeness (QED) is 0.782. The summed E-state index contributed by atoms with van der Waals surface area (Å²) in [5.41, 5.74) is 4.06. The van der Waals surface area contributed by atoms with Gasteiger partial charge in [-0.1, -0.05) is 23.8 Å². The third kappa shape index (κ3) is 3.01. The predicted octanol–water partition coefficient (Wildman–Crippen LogP) is 4.27. The van der Waals surface area contributed by atoms with Crippen molar-refractivity contribution in [2.24, 2.45) is 0 Å². The lowest BCUT2D eigenvalue weighted by Gasteiger charge is -2.12. The highest BCUT2D eigenvalue weighted by Crippen LogP contribution is 2.22. The van der Waals surface area contributed by atoms with Crippen LogP contribution in [0, 0.1) is 13.8 Å². The lowest BCUT2D eigenvalue weighted by molar-refractivity contribution is 0.0980. The first kappa shape index (κ1) is 15.0. The van der Waals surface area contributed by atoms with Crippen molar-refractivity contribution in [3.8, 4) is 0 Å². The summed E-state index contributed by atoms with van der Waals surface area (Å²) in [6.45, 7) is 8.13. The Balaban J connectivity index is 2.33. The van der Waals surface area contributed by atoms with Crippen LogP contribution in [0.3, 0.4) is 0 Å². The van der Waals surface area contributed by atoms with Crippen LogP contribution < -0.4 is 0 Å². The molecule has 0 radical (unpaired) electrons. The van der Waals surface area contributed by atoms with Gasteiger partial charge in [-0.3, -0.25) is 9.48 Å². The number of aromatic nitrogens is 2. The van der Waals surface area contributed by atoms with Gasteiger partial charge in [-0.15, -0.1) is 0 Å². The van der Waals surface area contributed by atoms with Crippen molar-refractivity contribution >= 4 is 21.7 Å². The lowest BCUT2D eigenvalue weighted by atomic mass is 10.00. The van der Waals surface area contributed by atoms with Gasteiger partial charge in [0.05, 0.1) is 10.7 Å². The number of nitrogens with zero attached hydrogens (tertiary/aromatic N) is 2. The van der Waals surface area contributed by atoms with E-state index >= 15 is 0 Å². The first-order valence-electron chi connectivity index (χ1n) is 6.72. The molecule has 0 saturated heterocycles. The van der Waals surface area contributed by atoms with E-state index in [0.29, 0.717) is 12.1 Å². The van der Waals surface area contributed by atoms with Crippen molar-refractivity contribution in [1.82, 2.24) is 9.78 Å². The van der Waals surface area contributed by atoms with Crippen molar-refractivity contribution in [2.75, 3.05) is 0 Å². The van der Waals surface area contributed by atoms with Gasteiger partial charge in [0, 0.05) is 12.5 Å². The summed E-state index contributed by atoms with van der Waals surface area (Å²) in [4.78, 5) is 12.6. The van der Waals surface area contributed by atoms with Crippen LogP contribution in [0.15, 0.2) is 28.9 Å². The van der Waals surface area contributed by atoms with Gasteiger partial charge in [0.25, 0.3) is 0 Å². The van der Waals surface area contributed by atoms with Gasteiger partial charge in [0.1, 0.15) is 5.69 Å². The van der Waals surface area contributed by atoms with Crippen molar-refractivity contribution < 1.29 is 4.79 Å². The van der Waals surface area contributed by atoms with E-state index in [2.05, 4.69) is 39.2 Å². The molecule has 20 heavy (non-hydrogen) atoms.